The quantitative estimate of drug-likeness (QED) is 0.248. The summed E-state index contributed by atoms with van der Waals surface area (Å²) in [5.74, 6) is 1.85. The first-order chi connectivity index (χ1) is 15.6. The van der Waals surface area contributed by atoms with Crippen LogP contribution in [0, 0.1) is 6.92 Å². The number of benzene rings is 2. The van der Waals surface area contributed by atoms with Crippen LogP contribution >= 0.6 is 11.8 Å². The lowest BCUT2D eigenvalue weighted by molar-refractivity contribution is -0.118. The zero-order chi connectivity index (χ0) is 22.3. The number of aryl methyl sites for hydroxylation is 1. The number of hydrazone groups is 1. The summed E-state index contributed by atoms with van der Waals surface area (Å²) in [6.45, 7) is 2.03. The van der Waals surface area contributed by atoms with Crippen LogP contribution in [0.3, 0.4) is 0 Å². The fraction of sp³-hybridized carbons (Fsp3) is 0.130. The minimum Gasteiger partial charge on any atom is -0.497 e. The van der Waals surface area contributed by atoms with Crippen LogP contribution in [0.1, 0.15) is 11.3 Å². The zero-order valence-electron chi connectivity index (χ0n) is 17.6. The molecular weight excluding hydrogens is 426 g/mol. The van der Waals surface area contributed by atoms with Gasteiger partial charge in [-0.3, -0.25) is 9.36 Å². The van der Waals surface area contributed by atoms with Gasteiger partial charge >= 0.3 is 0 Å². The number of carbonyl (C=O) groups is 1. The molecule has 0 fully saturated rings. The summed E-state index contributed by atoms with van der Waals surface area (Å²) in [5, 5.41) is 13.2. The number of carbonyl (C=O) groups excluding carboxylic acids is 1. The van der Waals surface area contributed by atoms with E-state index in [4.69, 9.17) is 9.15 Å². The molecule has 0 spiro atoms. The van der Waals surface area contributed by atoms with Crippen LogP contribution in [-0.2, 0) is 4.79 Å². The third kappa shape index (κ3) is 5.06. The molecular formula is C23H21N5O3S. The molecule has 2 heterocycles. The van der Waals surface area contributed by atoms with E-state index >= 15 is 0 Å². The molecule has 2 aromatic heterocycles. The van der Waals surface area contributed by atoms with Gasteiger partial charge in [0, 0.05) is 11.3 Å². The van der Waals surface area contributed by atoms with Gasteiger partial charge in [-0.25, -0.2) is 5.43 Å². The van der Waals surface area contributed by atoms with Crippen molar-refractivity contribution < 1.29 is 13.9 Å². The van der Waals surface area contributed by atoms with E-state index in [0.717, 1.165) is 22.6 Å². The zero-order valence-corrected chi connectivity index (χ0v) is 18.4. The summed E-state index contributed by atoms with van der Waals surface area (Å²) in [4.78, 5) is 12.2. The van der Waals surface area contributed by atoms with Crippen molar-refractivity contribution in [1.29, 1.82) is 0 Å². The van der Waals surface area contributed by atoms with E-state index < -0.39 is 0 Å². The van der Waals surface area contributed by atoms with Crippen molar-refractivity contribution in [2.24, 2.45) is 5.10 Å². The van der Waals surface area contributed by atoms with E-state index in [1.165, 1.54) is 24.2 Å². The molecule has 0 atom stereocenters. The molecule has 1 amide bonds. The summed E-state index contributed by atoms with van der Waals surface area (Å²) in [6.07, 6.45) is 2.98. The van der Waals surface area contributed by atoms with E-state index in [9.17, 15) is 4.79 Å². The number of rotatable bonds is 8. The van der Waals surface area contributed by atoms with Gasteiger partial charge in [0.05, 0.1) is 25.3 Å². The number of hydrogen-bond donors (Lipinski definition) is 1. The standard InChI is InChI=1S/C23H21N5O3S/c1-16-5-7-17(8-6-16)22-26-27-23(28(22)18-9-11-19(30-2)12-10-18)32-15-21(29)25-24-14-20-4-3-13-31-20/h3-14H,15H2,1-2H3,(H,25,29). The maximum atomic E-state index is 12.2. The molecule has 4 rings (SSSR count). The van der Waals surface area contributed by atoms with Crippen molar-refractivity contribution in [3.05, 3.63) is 78.3 Å². The van der Waals surface area contributed by atoms with Crippen LogP contribution in [0.4, 0.5) is 0 Å². The maximum absolute atomic E-state index is 12.2. The minimum atomic E-state index is -0.265. The Bertz CT molecular complexity index is 1200. The molecule has 8 nitrogen and oxygen atoms in total. The lowest BCUT2D eigenvalue weighted by Gasteiger charge is -2.11. The first-order valence-corrected chi connectivity index (χ1v) is 10.8. The van der Waals surface area contributed by atoms with Crippen molar-refractivity contribution in [2.45, 2.75) is 12.1 Å². The predicted molar refractivity (Wildman–Crippen MR) is 123 cm³/mol. The van der Waals surface area contributed by atoms with Crippen molar-refractivity contribution in [3.63, 3.8) is 0 Å². The van der Waals surface area contributed by atoms with E-state index in [-0.39, 0.29) is 11.7 Å². The fourth-order valence-corrected chi connectivity index (χ4v) is 3.66. The molecule has 0 saturated heterocycles. The van der Waals surface area contributed by atoms with Crippen LogP contribution in [0.2, 0.25) is 0 Å². The number of nitrogens with zero attached hydrogens (tertiary/aromatic N) is 4. The Balaban J connectivity index is 1.55. The first kappa shape index (κ1) is 21.4. The molecule has 9 heteroatoms. The molecule has 4 aromatic rings. The van der Waals surface area contributed by atoms with Gasteiger partial charge in [0.2, 0.25) is 0 Å². The third-order valence-corrected chi connectivity index (χ3v) is 5.46. The fourth-order valence-electron chi connectivity index (χ4n) is 2.91. The van der Waals surface area contributed by atoms with Crippen molar-refractivity contribution in [3.8, 4) is 22.8 Å². The van der Waals surface area contributed by atoms with E-state index in [2.05, 4.69) is 20.7 Å². The molecule has 0 unspecified atom stereocenters. The van der Waals surface area contributed by atoms with Crippen molar-refractivity contribution in [1.82, 2.24) is 20.2 Å². The molecule has 162 valence electrons. The van der Waals surface area contributed by atoms with Gasteiger partial charge in [0.15, 0.2) is 11.0 Å². The number of furan rings is 1. The minimum absolute atomic E-state index is 0.123. The van der Waals surface area contributed by atoms with E-state index in [1.54, 1.807) is 19.2 Å². The molecule has 1 N–H and O–H groups in total. The van der Waals surface area contributed by atoms with Gasteiger partial charge in [-0.2, -0.15) is 5.10 Å². The van der Waals surface area contributed by atoms with E-state index in [1.807, 2.05) is 60.0 Å². The highest BCUT2D eigenvalue weighted by Gasteiger charge is 2.17. The first-order valence-electron chi connectivity index (χ1n) is 9.79. The Morgan fingerprint density at radius 3 is 2.62 bits per heavy atom. The number of nitrogens with one attached hydrogen (secondary N) is 1. The second-order valence-electron chi connectivity index (χ2n) is 6.80. The lowest BCUT2D eigenvalue weighted by atomic mass is 10.1. The van der Waals surface area contributed by atoms with Crippen LogP contribution in [-0.4, -0.2) is 39.7 Å². The number of methoxy groups -OCH3 is 1. The summed E-state index contributed by atoms with van der Waals surface area (Å²) < 4.78 is 12.3. The topological polar surface area (TPSA) is 94.5 Å². The molecule has 0 aliphatic rings. The van der Waals surface area contributed by atoms with Crippen molar-refractivity contribution >= 4 is 23.9 Å². The summed E-state index contributed by atoms with van der Waals surface area (Å²) >= 11 is 1.28. The average Bonchev–Trinajstić information content (AvgIpc) is 3.48. The Labute approximate surface area is 189 Å². The number of aromatic nitrogens is 3. The Morgan fingerprint density at radius 2 is 1.94 bits per heavy atom. The van der Waals surface area contributed by atoms with Gasteiger partial charge in [0.25, 0.3) is 5.91 Å². The Hall–Kier alpha value is -3.85. The van der Waals surface area contributed by atoms with Gasteiger partial charge in [-0.05, 0) is 43.3 Å². The number of hydrogen-bond acceptors (Lipinski definition) is 7. The molecule has 0 saturated carbocycles. The number of ether oxygens (including phenoxy) is 1. The monoisotopic (exact) mass is 447 g/mol. The average molecular weight is 448 g/mol. The van der Waals surface area contributed by atoms with Crippen LogP contribution in [0.25, 0.3) is 17.1 Å². The molecule has 0 bridgehead atoms. The third-order valence-electron chi connectivity index (χ3n) is 4.53. The smallest absolute Gasteiger partial charge is 0.250 e. The predicted octanol–water partition coefficient (Wildman–Crippen LogP) is 4.09. The molecule has 32 heavy (non-hydrogen) atoms. The highest BCUT2D eigenvalue weighted by molar-refractivity contribution is 7.99. The number of thioether (sulfide) groups is 1. The summed E-state index contributed by atoms with van der Waals surface area (Å²) in [5.41, 5.74) is 5.44. The van der Waals surface area contributed by atoms with Gasteiger partial charge in [-0.1, -0.05) is 41.6 Å². The van der Waals surface area contributed by atoms with Crippen LogP contribution in [0.5, 0.6) is 5.75 Å². The largest absolute Gasteiger partial charge is 0.497 e. The highest BCUT2D eigenvalue weighted by Crippen LogP contribution is 2.29. The SMILES string of the molecule is COc1ccc(-n2c(SCC(=O)NN=Cc3ccco3)nnc2-c2ccc(C)cc2)cc1. The van der Waals surface area contributed by atoms with Gasteiger partial charge in [-0.15, -0.1) is 10.2 Å². The highest BCUT2D eigenvalue weighted by atomic mass is 32.2. The van der Waals surface area contributed by atoms with Crippen LogP contribution in [0.15, 0.2) is 81.6 Å². The number of amides is 1. The summed E-state index contributed by atoms with van der Waals surface area (Å²) in [6, 6.07) is 19.2. The van der Waals surface area contributed by atoms with E-state index in [0.29, 0.717) is 16.7 Å². The van der Waals surface area contributed by atoms with Gasteiger partial charge < -0.3 is 9.15 Å². The van der Waals surface area contributed by atoms with Gasteiger partial charge in [0.1, 0.15) is 11.5 Å². The molecule has 0 radical (unpaired) electrons. The second-order valence-corrected chi connectivity index (χ2v) is 7.75. The summed E-state index contributed by atoms with van der Waals surface area (Å²) in [7, 11) is 1.62. The molecule has 2 aromatic carbocycles. The molecule has 0 aliphatic carbocycles. The second kappa shape index (κ2) is 9.97. The molecule has 0 aliphatic heterocycles. The Morgan fingerprint density at radius 1 is 1.16 bits per heavy atom. The van der Waals surface area contributed by atoms with Crippen LogP contribution < -0.4 is 10.2 Å². The normalized spacial score (nSPS) is 11.1. The Kier molecular flexibility index (Phi) is 6.66. The maximum Gasteiger partial charge on any atom is 0.250 e. The lowest BCUT2D eigenvalue weighted by Crippen LogP contribution is -2.19. The van der Waals surface area contributed by atoms with Crippen molar-refractivity contribution in [2.75, 3.05) is 12.9 Å².